The highest BCUT2D eigenvalue weighted by atomic mass is 16.1. The van der Waals surface area contributed by atoms with Gasteiger partial charge >= 0.3 is 0 Å². The molecule has 0 spiro atoms. The number of pyridine rings is 1. The molecule has 1 aromatic heterocycles. The van der Waals surface area contributed by atoms with Crippen LogP contribution in [0.25, 0.3) is 0 Å². The van der Waals surface area contributed by atoms with E-state index in [9.17, 15) is 4.79 Å². The van der Waals surface area contributed by atoms with Crippen LogP contribution in [0.1, 0.15) is 31.0 Å². The van der Waals surface area contributed by atoms with Crippen LogP contribution < -0.4 is 0 Å². The van der Waals surface area contributed by atoms with Gasteiger partial charge in [0.05, 0.1) is 0 Å². The highest BCUT2D eigenvalue weighted by molar-refractivity contribution is 5.74. The molecule has 0 saturated heterocycles. The number of carbonyl (C=O) groups excluding carboxylic acids is 1. The largest absolute Gasteiger partial charge is 0.283 e. The molecule has 0 fully saturated rings. The molecule has 2 nitrogen and oxygen atoms in total. The molecule has 2 heteroatoms. The summed E-state index contributed by atoms with van der Waals surface area (Å²) < 4.78 is 0. The molecule has 0 aliphatic rings. The summed E-state index contributed by atoms with van der Waals surface area (Å²) in [5.74, 6) is 0. The quantitative estimate of drug-likeness (QED) is 0.676. The molecule has 0 unspecified atom stereocenters. The van der Waals surface area contributed by atoms with E-state index in [1.165, 1.54) is 0 Å². The molecule has 1 radical (unpaired) electrons. The van der Waals surface area contributed by atoms with E-state index in [-0.39, 0.29) is 0 Å². The highest BCUT2D eigenvalue weighted by Crippen LogP contribution is 2.06. The molecule has 0 aromatic carbocycles. The number of aromatic nitrogens is 1. The SMILES string of the molecule is CCCCc1cccnc1[C]=O. The van der Waals surface area contributed by atoms with E-state index < -0.39 is 0 Å². The van der Waals surface area contributed by atoms with E-state index in [0.717, 1.165) is 24.8 Å². The second kappa shape index (κ2) is 4.65. The summed E-state index contributed by atoms with van der Waals surface area (Å²) in [5.41, 5.74) is 1.47. The lowest BCUT2D eigenvalue weighted by Gasteiger charge is -2.00. The maximum absolute atomic E-state index is 10.4. The Bertz CT molecular complexity index is 258. The maximum Gasteiger partial charge on any atom is 0.253 e. The van der Waals surface area contributed by atoms with Gasteiger partial charge in [-0.3, -0.25) is 9.78 Å². The van der Waals surface area contributed by atoms with Crippen LogP contribution >= 0.6 is 0 Å². The predicted octanol–water partition coefficient (Wildman–Crippen LogP) is 1.88. The van der Waals surface area contributed by atoms with Crippen LogP contribution in [-0.2, 0) is 11.2 Å². The Hall–Kier alpha value is -1.18. The third kappa shape index (κ3) is 2.16. The van der Waals surface area contributed by atoms with Gasteiger partial charge in [-0.2, -0.15) is 0 Å². The summed E-state index contributed by atoms with van der Waals surface area (Å²) >= 11 is 0. The van der Waals surface area contributed by atoms with Crippen molar-refractivity contribution in [2.45, 2.75) is 26.2 Å². The number of aryl methyl sites for hydroxylation is 1. The average molecular weight is 162 g/mol. The third-order valence-electron chi connectivity index (χ3n) is 1.79. The molecule has 0 amide bonds. The Morgan fingerprint density at radius 3 is 3.08 bits per heavy atom. The summed E-state index contributed by atoms with van der Waals surface area (Å²) in [6.07, 6.45) is 6.62. The molecule has 0 aliphatic heterocycles. The van der Waals surface area contributed by atoms with Crippen molar-refractivity contribution in [2.75, 3.05) is 0 Å². The summed E-state index contributed by atoms with van der Waals surface area (Å²) in [7, 11) is 0. The van der Waals surface area contributed by atoms with E-state index in [2.05, 4.69) is 11.9 Å². The zero-order chi connectivity index (χ0) is 8.81. The standard InChI is InChI=1S/C10H12NO/c1-2-3-5-9-6-4-7-11-10(9)8-12/h4,6-7H,2-3,5H2,1H3. The molecule has 1 rings (SSSR count). The van der Waals surface area contributed by atoms with Crippen LogP contribution in [0.4, 0.5) is 0 Å². The molecule has 0 atom stereocenters. The minimum Gasteiger partial charge on any atom is -0.283 e. The summed E-state index contributed by atoms with van der Waals surface area (Å²) in [5, 5.41) is 0. The van der Waals surface area contributed by atoms with Crippen molar-refractivity contribution >= 4 is 6.29 Å². The van der Waals surface area contributed by atoms with Gasteiger partial charge in [0.15, 0.2) is 0 Å². The smallest absolute Gasteiger partial charge is 0.253 e. The first kappa shape index (κ1) is 8.91. The molecule has 1 heterocycles. The van der Waals surface area contributed by atoms with E-state index in [0.29, 0.717) is 5.69 Å². The van der Waals surface area contributed by atoms with Gasteiger partial charge in [-0.1, -0.05) is 19.4 Å². The molecular formula is C10H12NO. The Kier molecular flexibility index (Phi) is 3.45. The topological polar surface area (TPSA) is 30.0 Å². The molecular weight excluding hydrogens is 150 g/mol. The number of hydrogen-bond acceptors (Lipinski definition) is 2. The minimum atomic E-state index is 0.464. The number of rotatable bonds is 4. The van der Waals surface area contributed by atoms with Crippen molar-refractivity contribution in [3.05, 3.63) is 29.6 Å². The van der Waals surface area contributed by atoms with Gasteiger partial charge in [0.2, 0.25) is 0 Å². The zero-order valence-electron chi connectivity index (χ0n) is 7.21. The van der Waals surface area contributed by atoms with Crippen molar-refractivity contribution in [3.63, 3.8) is 0 Å². The molecule has 0 aliphatic carbocycles. The van der Waals surface area contributed by atoms with E-state index >= 15 is 0 Å². The number of hydrogen-bond donors (Lipinski definition) is 0. The second-order valence-corrected chi connectivity index (χ2v) is 2.72. The molecule has 0 bridgehead atoms. The molecule has 0 N–H and O–H groups in total. The maximum atomic E-state index is 10.4. The fraction of sp³-hybridized carbons (Fsp3) is 0.400. The first-order chi connectivity index (χ1) is 5.88. The predicted molar refractivity (Wildman–Crippen MR) is 47.6 cm³/mol. The lowest BCUT2D eigenvalue weighted by atomic mass is 10.1. The van der Waals surface area contributed by atoms with E-state index in [4.69, 9.17) is 0 Å². The summed E-state index contributed by atoms with van der Waals surface area (Å²) in [6.45, 7) is 2.13. The Labute approximate surface area is 72.6 Å². The Morgan fingerprint density at radius 1 is 1.58 bits per heavy atom. The minimum absolute atomic E-state index is 0.464. The molecule has 0 saturated carbocycles. The lowest BCUT2D eigenvalue weighted by Crippen LogP contribution is -1.95. The lowest BCUT2D eigenvalue weighted by molar-refractivity contribution is 0.561. The molecule has 63 valence electrons. The van der Waals surface area contributed by atoms with Gasteiger partial charge in [0.25, 0.3) is 6.29 Å². The number of nitrogens with zero attached hydrogens (tertiary/aromatic N) is 1. The Morgan fingerprint density at radius 2 is 2.42 bits per heavy atom. The fourth-order valence-electron chi connectivity index (χ4n) is 1.10. The zero-order valence-corrected chi connectivity index (χ0v) is 7.21. The van der Waals surface area contributed by atoms with Crippen LogP contribution in [0.3, 0.4) is 0 Å². The van der Waals surface area contributed by atoms with Crippen molar-refractivity contribution in [2.24, 2.45) is 0 Å². The summed E-state index contributed by atoms with van der Waals surface area (Å²) in [6, 6.07) is 3.79. The fourth-order valence-corrected chi connectivity index (χ4v) is 1.10. The van der Waals surface area contributed by atoms with Crippen molar-refractivity contribution in [1.29, 1.82) is 0 Å². The van der Waals surface area contributed by atoms with Gasteiger partial charge in [-0.25, -0.2) is 0 Å². The molecule has 1 aromatic rings. The van der Waals surface area contributed by atoms with Crippen LogP contribution in [0.2, 0.25) is 0 Å². The number of unbranched alkanes of at least 4 members (excludes halogenated alkanes) is 1. The monoisotopic (exact) mass is 162 g/mol. The van der Waals surface area contributed by atoms with Crippen LogP contribution in [0, 0.1) is 0 Å². The molecule has 12 heavy (non-hydrogen) atoms. The highest BCUT2D eigenvalue weighted by Gasteiger charge is 2.00. The third-order valence-corrected chi connectivity index (χ3v) is 1.79. The first-order valence-electron chi connectivity index (χ1n) is 4.20. The van der Waals surface area contributed by atoms with Gasteiger partial charge < -0.3 is 0 Å². The van der Waals surface area contributed by atoms with Gasteiger partial charge in [-0.15, -0.1) is 0 Å². The van der Waals surface area contributed by atoms with Gasteiger partial charge in [-0.05, 0) is 24.5 Å². The van der Waals surface area contributed by atoms with Crippen LogP contribution in [-0.4, -0.2) is 11.3 Å². The Balaban J connectivity index is 2.75. The average Bonchev–Trinajstić information content (AvgIpc) is 2.15. The van der Waals surface area contributed by atoms with E-state index in [1.54, 1.807) is 6.20 Å². The van der Waals surface area contributed by atoms with Crippen molar-refractivity contribution in [3.8, 4) is 0 Å². The van der Waals surface area contributed by atoms with E-state index in [1.807, 2.05) is 18.4 Å². The second-order valence-electron chi connectivity index (χ2n) is 2.72. The van der Waals surface area contributed by atoms with Crippen molar-refractivity contribution < 1.29 is 4.79 Å². The van der Waals surface area contributed by atoms with Gasteiger partial charge in [0, 0.05) is 6.20 Å². The van der Waals surface area contributed by atoms with Gasteiger partial charge in [0.1, 0.15) is 5.69 Å². The van der Waals surface area contributed by atoms with Crippen molar-refractivity contribution in [1.82, 2.24) is 4.98 Å². The van der Waals surface area contributed by atoms with Crippen LogP contribution in [0.15, 0.2) is 18.3 Å². The summed E-state index contributed by atoms with van der Waals surface area (Å²) in [4.78, 5) is 14.3. The normalized spacial score (nSPS) is 9.75. The van der Waals surface area contributed by atoms with Crippen LogP contribution in [0.5, 0.6) is 0 Å². The first-order valence-corrected chi connectivity index (χ1v) is 4.20.